The van der Waals surface area contributed by atoms with Gasteiger partial charge in [-0.1, -0.05) is 23.7 Å². The summed E-state index contributed by atoms with van der Waals surface area (Å²) < 4.78 is 17.4. The predicted molar refractivity (Wildman–Crippen MR) is 103 cm³/mol. The Labute approximate surface area is 163 Å². The molecule has 2 heterocycles. The predicted octanol–water partition coefficient (Wildman–Crippen LogP) is 4.26. The Balaban J connectivity index is 1.64. The van der Waals surface area contributed by atoms with Gasteiger partial charge in [0.15, 0.2) is 0 Å². The maximum absolute atomic E-state index is 13.3. The minimum absolute atomic E-state index is 0.119. The second kappa shape index (κ2) is 7.15. The fourth-order valence-corrected chi connectivity index (χ4v) is 3.68. The number of hydrogen-bond acceptors (Lipinski definition) is 4. The van der Waals surface area contributed by atoms with E-state index in [0.717, 1.165) is 23.4 Å². The lowest BCUT2D eigenvalue weighted by atomic mass is 10.1. The van der Waals surface area contributed by atoms with Crippen molar-refractivity contribution >= 4 is 23.2 Å². The highest BCUT2D eigenvalue weighted by atomic mass is 35.5. The third-order valence-electron chi connectivity index (χ3n) is 4.67. The average molecular weight is 388 g/mol. The van der Waals surface area contributed by atoms with Gasteiger partial charge < -0.3 is 19.1 Å². The molecule has 0 N–H and O–H groups in total. The molecule has 27 heavy (non-hydrogen) atoms. The average Bonchev–Trinajstić information content (AvgIpc) is 2.86. The summed E-state index contributed by atoms with van der Waals surface area (Å²) in [5.41, 5.74) is 2.45. The number of halogens is 1. The van der Waals surface area contributed by atoms with Crippen molar-refractivity contribution in [2.24, 2.45) is 0 Å². The largest absolute Gasteiger partial charge is 0.491 e. The second-order valence-corrected chi connectivity index (χ2v) is 7.47. The summed E-state index contributed by atoms with van der Waals surface area (Å²) in [5.74, 6) is -0.773. The number of fused-ring (bicyclic) bond motifs is 2. The number of rotatable bonds is 4. The highest BCUT2D eigenvalue weighted by molar-refractivity contribution is 6.31. The molecule has 2 aromatic carbocycles. The molecule has 6 heteroatoms. The lowest BCUT2D eigenvalue weighted by molar-refractivity contribution is -0.256. The SMILES string of the molecule is CC(C)Oc1ccc(CN2C(=O)C3(OCCCO3)c3cc(Cl)ccc32)cc1. The molecule has 2 aliphatic heterocycles. The van der Waals surface area contributed by atoms with Crippen LogP contribution in [0.5, 0.6) is 5.75 Å². The van der Waals surface area contributed by atoms with E-state index in [1.807, 2.05) is 44.2 Å². The Hall–Kier alpha value is -2.08. The first-order valence-corrected chi connectivity index (χ1v) is 9.53. The van der Waals surface area contributed by atoms with E-state index in [4.69, 9.17) is 25.8 Å². The molecule has 1 fully saturated rings. The standard InChI is InChI=1S/C21H22ClNO4/c1-14(2)27-17-7-4-15(5-8-17)13-23-19-9-6-16(22)12-18(19)21(20(23)24)25-10-3-11-26-21/h4-9,12,14H,3,10-11,13H2,1-2H3. The van der Waals surface area contributed by atoms with E-state index in [1.54, 1.807) is 17.0 Å². The Bertz CT molecular complexity index is 844. The zero-order chi connectivity index (χ0) is 19.0. The molecule has 2 aromatic rings. The zero-order valence-corrected chi connectivity index (χ0v) is 16.2. The topological polar surface area (TPSA) is 48.0 Å². The van der Waals surface area contributed by atoms with E-state index in [1.165, 1.54) is 0 Å². The van der Waals surface area contributed by atoms with E-state index >= 15 is 0 Å². The third-order valence-corrected chi connectivity index (χ3v) is 4.90. The van der Waals surface area contributed by atoms with Gasteiger partial charge in [0, 0.05) is 10.6 Å². The molecule has 1 amide bonds. The summed E-state index contributed by atoms with van der Waals surface area (Å²) in [6, 6.07) is 13.2. The van der Waals surface area contributed by atoms with E-state index < -0.39 is 5.79 Å². The number of carbonyl (C=O) groups is 1. The van der Waals surface area contributed by atoms with Gasteiger partial charge in [0.25, 0.3) is 11.7 Å². The quantitative estimate of drug-likeness (QED) is 0.786. The minimum atomic E-state index is -1.38. The lowest BCUT2D eigenvalue weighted by Crippen LogP contribution is -2.47. The van der Waals surface area contributed by atoms with Crippen LogP contribution < -0.4 is 9.64 Å². The molecule has 5 nitrogen and oxygen atoms in total. The van der Waals surface area contributed by atoms with Crippen LogP contribution in [0, 0.1) is 0 Å². The molecular formula is C21H22ClNO4. The number of benzene rings is 2. The molecule has 2 aliphatic rings. The van der Waals surface area contributed by atoms with Gasteiger partial charge in [-0.3, -0.25) is 4.79 Å². The Morgan fingerprint density at radius 1 is 1.15 bits per heavy atom. The third kappa shape index (κ3) is 3.31. The molecule has 142 valence electrons. The highest BCUT2D eigenvalue weighted by Crippen LogP contribution is 2.46. The number of nitrogens with zero attached hydrogens (tertiary/aromatic N) is 1. The molecule has 4 rings (SSSR count). The normalized spacial score (nSPS) is 18.2. The number of amides is 1. The van der Waals surface area contributed by atoms with E-state index in [9.17, 15) is 4.79 Å². The molecule has 0 radical (unpaired) electrons. The van der Waals surface area contributed by atoms with Crippen molar-refractivity contribution in [3.05, 3.63) is 58.6 Å². The molecular weight excluding hydrogens is 366 g/mol. The first-order chi connectivity index (χ1) is 13.0. The van der Waals surface area contributed by atoms with Crippen LogP contribution in [-0.4, -0.2) is 25.2 Å². The van der Waals surface area contributed by atoms with Gasteiger partial charge in [0.2, 0.25) is 0 Å². The maximum Gasteiger partial charge on any atom is 0.292 e. The van der Waals surface area contributed by atoms with Crippen LogP contribution in [0.3, 0.4) is 0 Å². The molecule has 0 atom stereocenters. The number of anilines is 1. The van der Waals surface area contributed by atoms with Gasteiger partial charge in [-0.25, -0.2) is 0 Å². The fraction of sp³-hybridized carbons (Fsp3) is 0.381. The van der Waals surface area contributed by atoms with Crippen molar-refractivity contribution in [2.75, 3.05) is 18.1 Å². The summed E-state index contributed by atoms with van der Waals surface area (Å²) in [4.78, 5) is 15.0. The molecule has 0 aromatic heterocycles. The highest BCUT2D eigenvalue weighted by Gasteiger charge is 2.54. The van der Waals surface area contributed by atoms with E-state index in [2.05, 4.69) is 0 Å². The first kappa shape index (κ1) is 18.3. The van der Waals surface area contributed by atoms with Gasteiger partial charge in [0.1, 0.15) is 5.75 Å². The van der Waals surface area contributed by atoms with Crippen molar-refractivity contribution in [1.29, 1.82) is 0 Å². The summed E-state index contributed by atoms with van der Waals surface area (Å²) in [6.45, 7) is 5.36. The van der Waals surface area contributed by atoms with Crippen LogP contribution in [0.15, 0.2) is 42.5 Å². The van der Waals surface area contributed by atoms with E-state index in [0.29, 0.717) is 30.3 Å². The lowest BCUT2D eigenvalue weighted by Gasteiger charge is -2.32. The minimum Gasteiger partial charge on any atom is -0.491 e. The molecule has 0 aliphatic carbocycles. The van der Waals surface area contributed by atoms with Crippen LogP contribution in [0.4, 0.5) is 5.69 Å². The van der Waals surface area contributed by atoms with Crippen LogP contribution in [0.2, 0.25) is 5.02 Å². The van der Waals surface area contributed by atoms with Gasteiger partial charge in [-0.05, 0) is 56.2 Å². The number of carbonyl (C=O) groups excluding carboxylic acids is 1. The Morgan fingerprint density at radius 3 is 2.52 bits per heavy atom. The van der Waals surface area contributed by atoms with E-state index in [-0.39, 0.29) is 12.0 Å². The van der Waals surface area contributed by atoms with Crippen LogP contribution in [0.1, 0.15) is 31.4 Å². The number of hydrogen-bond donors (Lipinski definition) is 0. The van der Waals surface area contributed by atoms with Crippen molar-refractivity contribution in [1.82, 2.24) is 0 Å². The van der Waals surface area contributed by atoms with Crippen LogP contribution >= 0.6 is 11.6 Å². The second-order valence-electron chi connectivity index (χ2n) is 7.03. The molecule has 0 bridgehead atoms. The van der Waals surface area contributed by atoms with Gasteiger partial charge in [-0.15, -0.1) is 0 Å². The Morgan fingerprint density at radius 2 is 1.85 bits per heavy atom. The first-order valence-electron chi connectivity index (χ1n) is 9.15. The van der Waals surface area contributed by atoms with Gasteiger partial charge in [0.05, 0.1) is 31.5 Å². The van der Waals surface area contributed by atoms with Crippen molar-refractivity contribution in [3.8, 4) is 5.75 Å². The van der Waals surface area contributed by atoms with Crippen molar-refractivity contribution in [2.45, 2.75) is 38.7 Å². The van der Waals surface area contributed by atoms with Crippen molar-refractivity contribution < 1.29 is 19.0 Å². The zero-order valence-electron chi connectivity index (χ0n) is 15.4. The molecule has 0 unspecified atom stereocenters. The summed E-state index contributed by atoms with van der Waals surface area (Å²) in [6.07, 6.45) is 0.885. The monoisotopic (exact) mass is 387 g/mol. The summed E-state index contributed by atoms with van der Waals surface area (Å²) >= 11 is 6.19. The summed E-state index contributed by atoms with van der Waals surface area (Å²) in [7, 11) is 0. The fourth-order valence-electron chi connectivity index (χ4n) is 3.51. The molecule has 0 saturated carbocycles. The van der Waals surface area contributed by atoms with Crippen molar-refractivity contribution in [3.63, 3.8) is 0 Å². The maximum atomic E-state index is 13.3. The van der Waals surface area contributed by atoms with Gasteiger partial charge in [-0.2, -0.15) is 0 Å². The molecule has 1 saturated heterocycles. The van der Waals surface area contributed by atoms with Crippen LogP contribution in [0.25, 0.3) is 0 Å². The van der Waals surface area contributed by atoms with Crippen LogP contribution in [-0.2, 0) is 26.6 Å². The number of ether oxygens (including phenoxy) is 3. The smallest absolute Gasteiger partial charge is 0.292 e. The van der Waals surface area contributed by atoms with Gasteiger partial charge >= 0.3 is 0 Å². The Kier molecular flexibility index (Phi) is 4.84. The summed E-state index contributed by atoms with van der Waals surface area (Å²) in [5, 5.41) is 0.552. The molecule has 1 spiro atoms.